The van der Waals surface area contributed by atoms with Gasteiger partial charge in [-0.2, -0.15) is 0 Å². The van der Waals surface area contributed by atoms with Gasteiger partial charge in [0.15, 0.2) is 11.5 Å². The molecule has 1 rings (SSSR count). The second-order valence-corrected chi connectivity index (χ2v) is 6.08. The summed E-state index contributed by atoms with van der Waals surface area (Å²) >= 11 is 0. The second kappa shape index (κ2) is 12.0. The minimum Gasteiger partial charge on any atom is -0.493 e. The first-order chi connectivity index (χ1) is 12.1. The quantitative estimate of drug-likeness (QED) is 0.544. The molecule has 144 valence electrons. The highest BCUT2D eigenvalue weighted by Crippen LogP contribution is 2.31. The molecule has 25 heavy (non-hydrogen) atoms. The molecule has 0 aliphatic carbocycles. The minimum atomic E-state index is 0.777. The maximum Gasteiger partial charge on any atom is 0.162 e. The van der Waals surface area contributed by atoms with Crippen LogP contribution in [0, 0.1) is 0 Å². The number of hydrogen-bond donors (Lipinski definition) is 0. The first-order valence-corrected chi connectivity index (χ1v) is 9.54. The Kier molecular flexibility index (Phi) is 10.3. The number of hydrogen-bond acceptors (Lipinski definition) is 5. The standard InChI is InChI=1S/C20H37N3O2/c1-7-21(8-2)13-15-23(16-14-22(9-3)10-4)18-11-12-19(24-5)20(17-18)25-6/h11-12,17H,7-10,13-16H2,1-6H3. The van der Waals surface area contributed by atoms with Gasteiger partial charge < -0.3 is 24.2 Å². The van der Waals surface area contributed by atoms with E-state index < -0.39 is 0 Å². The van der Waals surface area contributed by atoms with Crippen LogP contribution in [0.3, 0.4) is 0 Å². The Hall–Kier alpha value is -1.46. The first-order valence-electron chi connectivity index (χ1n) is 9.54. The summed E-state index contributed by atoms with van der Waals surface area (Å²) in [6.45, 7) is 17.4. The Balaban J connectivity index is 2.91. The van der Waals surface area contributed by atoms with Crippen molar-refractivity contribution >= 4 is 5.69 Å². The van der Waals surface area contributed by atoms with Gasteiger partial charge in [-0.05, 0) is 38.3 Å². The molecule has 0 fully saturated rings. The molecule has 0 saturated carbocycles. The van der Waals surface area contributed by atoms with Crippen LogP contribution in [0.2, 0.25) is 0 Å². The smallest absolute Gasteiger partial charge is 0.162 e. The summed E-state index contributed by atoms with van der Waals surface area (Å²) in [6.07, 6.45) is 0. The molecule has 0 heterocycles. The fourth-order valence-corrected chi connectivity index (χ4v) is 3.00. The number of methoxy groups -OCH3 is 2. The van der Waals surface area contributed by atoms with Crippen LogP contribution in [0.5, 0.6) is 11.5 Å². The monoisotopic (exact) mass is 351 g/mol. The molecule has 0 unspecified atom stereocenters. The molecule has 1 aromatic rings. The predicted octanol–water partition coefficient (Wildman–Crippen LogP) is 3.19. The Bertz CT molecular complexity index is 458. The second-order valence-electron chi connectivity index (χ2n) is 6.08. The Morgan fingerprint density at radius 1 is 0.680 bits per heavy atom. The van der Waals surface area contributed by atoms with Gasteiger partial charge in [-0.1, -0.05) is 27.7 Å². The number of likely N-dealkylation sites (N-methyl/N-ethyl adjacent to an activating group) is 2. The third-order valence-electron chi connectivity index (χ3n) is 4.89. The number of rotatable bonds is 13. The highest BCUT2D eigenvalue weighted by atomic mass is 16.5. The van der Waals surface area contributed by atoms with E-state index in [1.807, 2.05) is 6.07 Å². The first kappa shape index (κ1) is 21.6. The molecule has 0 atom stereocenters. The lowest BCUT2D eigenvalue weighted by Gasteiger charge is -2.30. The summed E-state index contributed by atoms with van der Waals surface area (Å²) < 4.78 is 10.9. The van der Waals surface area contributed by atoms with Gasteiger partial charge in [-0.3, -0.25) is 0 Å². The highest BCUT2D eigenvalue weighted by Gasteiger charge is 2.13. The van der Waals surface area contributed by atoms with Gasteiger partial charge in [0, 0.05) is 37.9 Å². The zero-order chi connectivity index (χ0) is 18.7. The number of ether oxygens (including phenoxy) is 2. The average molecular weight is 352 g/mol. The van der Waals surface area contributed by atoms with E-state index in [9.17, 15) is 0 Å². The van der Waals surface area contributed by atoms with Crippen LogP contribution < -0.4 is 14.4 Å². The zero-order valence-corrected chi connectivity index (χ0v) is 17.0. The number of nitrogens with zero attached hydrogens (tertiary/aromatic N) is 3. The van der Waals surface area contributed by atoms with Crippen LogP contribution in [-0.2, 0) is 0 Å². The Labute approximate surface area is 154 Å². The summed E-state index contributed by atoms with van der Waals surface area (Å²) in [5.74, 6) is 1.56. The number of benzene rings is 1. The third-order valence-corrected chi connectivity index (χ3v) is 4.89. The lowest BCUT2D eigenvalue weighted by molar-refractivity contribution is 0.294. The van der Waals surface area contributed by atoms with Crippen molar-refractivity contribution in [3.05, 3.63) is 18.2 Å². The van der Waals surface area contributed by atoms with E-state index in [4.69, 9.17) is 9.47 Å². The van der Waals surface area contributed by atoms with Crippen molar-refractivity contribution in [1.29, 1.82) is 0 Å². The molecule has 0 aliphatic rings. The molecule has 0 radical (unpaired) electrons. The lowest BCUT2D eigenvalue weighted by Crippen LogP contribution is -2.39. The maximum atomic E-state index is 5.49. The molecule has 0 N–H and O–H groups in total. The fourth-order valence-electron chi connectivity index (χ4n) is 3.00. The summed E-state index contributed by atoms with van der Waals surface area (Å²) in [5, 5.41) is 0. The zero-order valence-electron chi connectivity index (χ0n) is 17.0. The summed E-state index contributed by atoms with van der Waals surface area (Å²) in [7, 11) is 3.37. The average Bonchev–Trinajstić information content (AvgIpc) is 2.67. The molecular formula is C20H37N3O2. The molecule has 0 amide bonds. The summed E-state index contributed by atoms with van der Waals surface area (Å²) in [5.41, 5.74) is 1.19. The van der Waals surface area contributed by atoms with Crippen molar-refractivity contribution in [3.8, 4) is 11.5 Å². The van der Waals surface area contributed by atoms with Gasteiger partial charge in [0.2, 0.25) is 0 Å². The molecule has 0 saturated heterocycles. The van der Waals surface area contributed by atoms with E-state index in [0.717, 1.165) is 63.9 Å². The minimum absolute atomic E-state index is 0.777. The van der Waals surface area contributed by atoms with Crippen molar-refractivity contribution in [3.63, 3.8) is 0 Å². The van der Waals surface area contributed by atoms with Gasteiger partial charge in [-0.15, -0.1) is 0 Å². The third kappa shape index (κ3) is 6.75. The molecule has 0 aromatic heterocycles. The van der Waals surface area contributed by atoms with Crippen molar-refractivity contribution in [2.24, 2.45) is 0 Å². The van der Waals surface area contributed by atoms with E-state index >= 15 is 0 Å². The van der Waals surface area contributed by atoms with Crippen molar-refractivity contribution in [2.75, 3.05) is 71.5 Å². The SMILES string of the molecule is CCN(CC)CCN(CCN(CC)CC)c1ccc(OC)c(OC)c1. The Morgan fingerprint density at radius 3 is 1.56 bits per heavy atom. The van der Waals surface area contributed by atoms with Gasteiger partial charge >= 0.3 is 0 Å². The van der Waals surface area contributed by atoms with Gasteiger partial charge in [-0.25, -0.2) is 0 Å². The predicted molar refractivity (Wildman–Crippen MR) is 107 cm³/mol. The molecule has 5 heteroatoms. The van der Waals surface area contributed by atoms with E-state index in [2.05, 4.69) is 54.5 Å². The molecule has 0 aliphatic heterocycles. The van der Waals surface area contributed by atoms with Crippen molar-refractivity contribution in [1.82, 2.24) is 9.80 Å². The normalized spacial score (nSPS) is 11.2. The van der Waals surface area contributed by atoms with Crippen LogP contribution >= 0.6 is 0 Å². The summed E-state index contributed by atoms with van der Waals surface area (Å²) in [6, 6.07) is 6.21. The van der Waals surface area contributed by atoms with Crippen LogP contribution in [0.15, 0.2) is 18.2 Å². The Morgan fingerprint density at radius 2 is 1.16 bits per heavy atom. The lowest BCUT2D eigenvalue weighted by atomic mass is 10.2. The van der Waals surface area contributed by atoms with Gasteiger partial charge in [0.05, 0.1) is 14.2 Å². The molecule has 0 bridgehead atoms. The van der Waals surface area contributed by atoms with E-state index in [0.29, 0.717) is 0 Å². The maximum absolute atomic E-state index is 5.49. The van der Waals surface area contributed by atoms with Gasteiger partial charge in [0.25, 0.3) is 0 Å². The van der Waals surface area contributed by atoms with E-state index in [-0.39, 0.29) is 0 Å². The van der Waals surface area contributed by atoms with Crippen LogP contribution in [0.25, 0.3) is 0 Å². The highest BCUT2D eigenvalue weighted by molar-refractivity contribution is 5.56. The van der Waals surface area contributed by atoms with Crippen molar-refractivity contribution in [2.45, 2.75) is 27.7 Å². The van der Waals surface area contributed by atoms with Crippen molar-refractivity contribution < 1.29 is 9.47 Å². The largest absolute Gasteiger partial charge is 0.493 e. The molecular weight excluding hydrogens is 314 g/mol. The van der Waals surface area contributed by atoms with E-state index in [1.165, 1.54) is 5.69 Å². The molecule has 1 aromatic carbocycles. The topological polar surface area (TPSA) is 28.2 Å². The van der Waals surface area contributed by atoms with Crippen LogP contribution in [0.1, 0.15) is 27.7 Å². The molecule has 5 nitrogen and oxygen atoms in total. The van der Waals surface area contributed by atoms with Crippen LogP contribution in [0.4, 0.5) is 5.69 Å². The fraction of sp³-hybridized carbons (Fsp3) is 0.700. The molecule has 0 spiro atoms. The summed E-state index contributed by atoms with van der Waals surface area (Å²) in [4.78, 5) is 7.38. The van der Waals surface area contributed by atoms with E-state index in [1.54, 1.807) is 14.2 Å². The van der Waals surface area contributed by atoms with Gasteiger partial charge in [0.1, 0.15) is 0 Å². The number of anilines is 1. The van der Waals surface area contributed by atoms with Crippen LogP contribution in [-0.4, -0.2) is 76.4 Å².